The van der Waals surface area contributed by atoms with Crippen molar-refractivity contribution in [2.45, 2.75) is 58.2 Å². The number of fused-ring (bicyclic) bond motifs is 1. The van der Waals surface area contributed by atoms with Gasteiger partial charge in [0.15, 0.2) is 0 Å². The topological polar surface area (TPSA) is 86.9 Å². The zero-order valence-electron chi connectivity index (χ0n) is 22.7. The van der Waals surface area contributed by atoms with Gasteiger partial charge in [0.1, 0.15) is 11.4 Å². The molecule has 1 aliphatic rings. The molecule has 0 saturated carbocycles. The molecule has 1 aliphatic heterocycles. The van der Waals surface area contributed by atoms with Crippen LogP contribution in [0.1, 0.15) is 52.4 Å². The molecule has 7 heteroatoms. The number of hydrogen-bond acceptors (Lipinski definition) is 4. The van der Waals surface area contributed by atoms with Crippen molar-refractivity contribution in [2.24, 2.45) is 0 Å². The Balaban J connectivity index is 1.20. The van der Waals surface area contributed by atoms with Crippen LogP contribution in [0.25, 0.3) is 44.4 Å². The summed E-state index contributed by atoms with van der Waals surface area (Å²) in [4.78, 5) is 30.3. The van der Waals surface area contributed by atoms with Crippen molar-refractivity contribution in [1.82, 2.24) is 24.8 Å². The Morgan fingerprint density at radius 3 is 2.26 bits per heavy atom. The molecular weight excluding hydrogens is 486 g/mol. The number of hydrogen-bond donors (Lipinski definition) is 2. The third kappa shape index (κ3) is 5.04. The number of ether oxygens (including phenoxy) is 1. The Labute approximate surface area is 228 Å². The Bertz CT molecular complexity index is 1610. The average molecular weight is 520 g/mol. The number of likely N-dealkylation sites (tertiary alicyclic amines) is 1. The number of nitrogens with zero attached hydrogens (tertiary/aromatic N) is 3. The minimum atomic E-state index is -0.534. The van der Waals surface area contributed by atoms with E-state index in [-0.39, 0.29) is 18.2 Å². The van der Waals surface area contributed by atoms with Gasteiger partial charge in [0, 0.05) is 17.8 Å². The maximum atomic E-state index is 12.9. The fourth-order valence-corrected chi connectivity index (χ4v) is 5.37. The molecule has 39 heavy (non-hydrogen) atoms. The fraction of sp³-hybridized carbons (Fsp3) is 0.281. The van der Waals surface area contributed by atoms with Crippen molar-refractivity contribution in [2.75, 3.05) is 0 Å². The van der Waals surface area contributed by atoms with E-state index in [0.717, 1.165) is 46.7 Å². The van der Waals surface area contributed by atoms with Gasteiger partial charge in [0.25, 0.3) is 0 Å². The van der Waals surface area contributed by atoms with Crippen LogP contribution in [0.3, 0.4) is 0 Å². The average Bonchev–Trinajstić information content (AvgIpc) is 3.68. The Morgan fingerprint density at radius 1 is 0.897 bits per heavy atom. The molecule has 0 bridgehead atoms. The van der Waals surface area contributed by atoms with Gasteiger partial charge >= 0.3 is 6.09 Å². The van der Waals surface area contributed by atoms with Gasteiger partial charge in [-0.1, -0.05) is 48.5 Å². The number of rotatable bonds is 4. The van der Waals surface area contributed by atoms with Crippen LogP contribution in [0.5, 0.6) is 0 Å². The van der Waals surface area contributed by atoms with E-state index in [1.807, 2.05) is 38.1 Å². The zero-order chi connectivity index (χ0) is 27.1. The van der Waals surface area contributed by atoms with E-state index in [2.05, 4.69) is 87.5 Å². The van der Waals surface area contributed by atoms with Crippen molar-refractivity contribution < 1.29 is 9.53 Å². The SMILES string of the molecule is C[C@H]1CC[C@@H](c2ncc(-c3ccc(-c4ccc5cc(-c6c[nH]cn6)ccc5c4)cc3)[nH]2)N1C(=O)OC(C)(C)C. The summed E-state index contributed by atoms with van der Waals surface area (Å²) >= 11 is 0. The van der Waals surface area contributed by atoms with E-state index in [0.29, 0.717) is 0 Å². The minimum Gasteiger partial charge on any atom is -0.444 e. The lowest BCUT2D eigenvalue weighted by molar-refractivity contribution is 0.0152. The second-order valence-corrected chi connectivity index (χ2v) is 11.3. The quantitative estimate of drug-likeness (QED) is 0.254. The van der Waals surface area contributed by atoms with Crippen molar-refractivity contribution in [3.05, 3.63) is 85.2 Å². The first-order valence-electron chi connectivity index (χ1n) is 13.5. The van der Waals surface area contributed by atoms with Gasteiger partial charge < -0.3 is 14.7 Å². The van der Waals surface area contributed by atoms with E-state index in [9.17, 15) is 4.79 Å². The Morgan fingerprint density at radius 2 is 1.56 bits per heavy atom. The second kappa shape index (κ2) is 9.73. The predicted molar refractivity (Wildman–Crippen MR) is 154 cm³/mol. The second-order valence-electron chi connectivity index (χ2n) is 11.3. The van der Waals surface area contributed by atoms with Gasteiger partial charge in [-0.25, -0.2) is 14.8 Å². The van der Waals surface area contributed by atoms with Crippen molar-refractivity contribution in [3.8, 4) is 33.6 Å². The molecule has 2 N–H and O–H groups in total. The Hall–Kier alpha value is -4.39. The summed E-state index contributed by atoms with van der Waals surface area (Å²) in [7, 11) is 0. The number of aromatic nitrogens is 4. The zero-order valence-corrected chi connectivity index (χ0v) is 22.7. The summed E-state index contributed by atoms with van der Waals surface area (Å²) < 4.78 is 5.68. The molecule has 1 fully saturated rings. The molecule has 0 unspecified atom stereocenters. The van der Waals surface area contributed by atoms with E-state index in [1.165, 1.54) is 16.3 Å². The molecule has 0 spiro atoms. The number of nitrogens with one attached hydrogen (secondary N) is 2. The first kappa shape index (κ1) is 24.9. The van der Waals surface area contributed by atoms with Gasteiger partial charge in [-0.3, -0.25) is 4.90 Å². The highest BCUT2D eigenvalue weighted by Gasteiger charge is 2.39. The van der Waals surface area contributed by atoms with E-state index in [1.54, 1.807) is 6.33 Å². The number of aromatic amines is 2. The maximum absolute atomic E-state index is 12.9. The van der Waals surface area contributed by atoms with E-state index in [4.69, 9.17) is 4.74 Å². The van der Waals surface area contributed by atoms with Crippen LogP contribution in [0, 0.1) is 0 Å². The minimum absolute atomic E-state index is 0.108. The highest BCUT2D eigenvalue weighted by atomic mass is 16.6. The molecule has 3 heterocycles. The lowest BCUT2D eigenvalue weighted by Crippen LogP contribution is -2.40. The molecule has 1 saturated heterocycles. The summed E-state index contributed by atoms with van der Waals surface area (Å²) in [6.07, 6.45) is 6.96. The molecule has 0 radical (unpaired) electrons. The van der Waals surface area contributed by atoms with E-state index < -0.39 is 5.60 Å². The maximum Gasteiger partial charge on any atom is 0.411 e. The monoisotopic (exact) mass is 519 g/mol. The number of H-pyrrole nitrogens is 2. The molecule has 2 atom stereocenters. The van der Waals surface area contributed by atoms with Crippen LogP contribution in [0.15, 0.2) is 79.4 Å². The van der Waals surface area contributed by atoms with Crippen LogP contribution < -0.4 is 0 Å². The van der Waals surface area contributed by atoms with Crippen LogP contribution >= 0.6 is 0 Å². The molecule has 1 amide bonds. The first-order chi connectivity index (χ1) is 18.7. The molecule has 5 aromatic rings. The standard InChI is InChI=1S/C32H33N5O2/c1-20-5-14-29(37(20)31(38)39-32(2,3)4)30-34-18-28(36-30)22-8-6-21(7-9-22)23-10-11-25-16-26(13-12-24(25)15-23)27-17-33-19-35-27/h6-13,15-20,29H,5,14H2,1-4H3,(H,33,35)(H,34,36)/t20-,29-/m0/s1. The molecule has 198 valence electrons. The summed E-state index contributed by atoms with van der Waals surface area (Å²) in [6, 6.07) is 21.5. The number of amides is 1. The third-order valence-electron chi connectivity index (χ3n) is 7.35. The lowest BCUT2D eigenvalue weighted by atomic mass is 9.98. The summed E-state index contributed by atoms with van der Waals surface area (Å²) in [5.41, 5.74) is 5.81. The van der Waals surface area contributed by atoms with Crippen molar-refractivity contribution in [3.63, 3.8) is 0 Å². The largest absolute Gasteiger partial charge is 0.444 e. The van der Waals surface area contributed by atoms with Gasteiger partial charge in [0.2, 0.25) is 0 Å². The first-order valence-corrected chi connectivity index (χ1v) is 13.5. The molecule has 6 rings (SSSR count). The van der Waals surface area contributed by atoms with Gasteiger partial charge in [0.05, 0.1) is 30.0 Å². The summed E-state index contributed by atoms with van der Waals surface area (Å²) in [6.45, 7) is 7.75. The van der Waals surface area contributed by atoms with Crippen LogP contribution in [-0.4, -0.2) is 42.6 Å². The van der Waals surface area contributed by atoms with Gasteiger partial charge in [-0.05, 0) is 80.1 Å². The van der Waals surface area contributed by atoms with Crippen molar-refractivity contribution in [1.29, 1.82) is 0 Å². The third-order valence-corrected chi connectivity index (χ3v) is 7.35. The fourth-order valence-electron chi connectivity index (χ4n) is 5.37. The lowest BCUT2D eigenvalue weighted by Gasteiger charge is -2.30. The summed E-state index contributed by atoms with van der Waals surface area (Å²) in [5, 5.41) is 2.37. The molecule has 2 aromatic heterocycles. The smallest absolute Gasteiger partial charge is 0.411 e. The van der Waals surface area contributed by atoms with Gasteiger partial charge in [-0.2, -0.15) is 0 Å². The molecular formula is C32H33N5O2. The predicted octanol–water partition coefficient (Wildman–Crippen LogP) is 7.75. The van der Waals surface area contributed by atoms with Crippen LogP contribution in [-0.2, 0) is 4.74 Å². The molecule has 0 aliphatic carbocycles. The van der Waals surface area contributed by atoms with E-state index >= 15 is 0 Å². The molecule has 7 nitrogen and oxygen atoms in total. The highest BCUT2D eigenvalue weighted by Crippen LogP contribution is 2.37. The van der Waals surface area contributed by atoms with Crippen molar-refractivity contribution >= 4 is 16.9 Å². The normalized spacial score (nSPS) is 17.6. The number of carbonyl (C=O) groups is 1. The highest BCUT2D eigenvalue weighted by molar-refractivity contribution is 5.90. The van der Waals surface area contributed by atoms with Crippen LogP contribution in [0.2, 0.25) is 0 Å². The number of carbonyl (C=O) groups excluding carboxylic acids is 1. The van der Waals surface area contributed by atoms with Gasteiger partial charge in [-0.15, -0.1) is 0 Å². The number of imidazole rings is 2. The van der Waals surface area contributed by atoms with Crippen LogP contribution in [0.4, 0.5) is 4.79 Å². The Kier molecular flexibility index (Phi) is 6.22. The number of benzene rings is 3. The summed E-state index contributed by atoms with van der Waals surface area (Å²) in [5.74, 6) is 0.799. The molecule has 3 aromatic carbocycles.